The molecule has 2 atom stereocenters. The standard InChI is InChI=1S/C23H24N4O3/c28-21-8-7-20(22(29)26-21)27-13-16-9-14(5-6-18(16)23(27)30)10-24-12-19-17-4-2-1-3-15(17)11-25-19/h1-6,9,19-20,24-25H,7-8,10-13H2,(H,26,28,29). The highest BCUT2D eigenvalue weighted by Crippen LogP contribution is 2.28. The van der Waals surface area contributed by atoms with E-state index in [1.807, 2.05) is 18.2 Å². The van der Waals surface area contributed by atoms with E-state index in [0.29, 0.717) is 31.1 Å². The van der Waals surface area contributed by atoms with Crippen molar-refractivity contribution in [1.82, 2.24) is 20.9 Å². The second kappa shape index (κ2) is 7.66. The molecule has 1 fully saturated rings. The Morgan fingerprint density at radius 1 is 1.07 bits per heavy atom. The van der Waals surface area contributed by atoms with Crippen LogP contribution in [0.4, 0.5) is 0 Å². The summed E-state index contributed by atoms with van der Waals surface area (Å²) in [5, 5.41) is 9.38. The van der Waals surface area contributed by atoms with Crippen molar-refractivity contribution < 1.29 is 14.4 Å². The van der Waals surface area contributed by atoms with E-state index in [1.54, 1.807) is 4.90 Å². The van der Waals surface area contributed by atoms with E-state index in [0.717, 1.165) is 24.2 Å². The molecule has 2 aromatic rings. The summed E-state index contributed by atoms with van der Waals surface area (Å²) in [7, 11) is 0. The number of hydrogen-bond acceptors (Lipinski definition) is 5. The summed E-state index contributed by atoms with van der Waals surface area (Å²) in [6.45, 7) is 2.85. The molecule has 0 spiro atoms. The Hall–Kier alpha value is -3.03. The van der Waals surface area contributed by atoms with Crippen molar-refractivity contribution >= 4 is 17.7 Å². The highest BCUT2D eigenvalue weighted by Gasteiger charge is 2.39. The molecule has 1 saturated heterocycles. The first kappa shape index (κ1) is 19.0. The fourth-order valence-corrected chi connectivity index (χ4v) is 4.66. The molecular formula is C23H24N4O3. The van der Waals surface area contributed by atoms with Gasteiger partial charge in [-0.15, -0.1) is 0 Å². The lowest BCUT2D eigenvalue weighted by Gasteiger charge is -2.29. The number of carbonyl (C=O) groups excluding carboxylic acids is 3. The number of imide groups is 1. The minimum atomic E-state index is -0.572. The fourth-order valence-electron chi connectivity index (χ4n) is 4.66. The summed E-state index contributed by atoms with van der Waals surface area (Å²) in [6, 6.07) is 14.1. The maximum atomic E-state index is 12.8. The van der Waals surface area contributed by atoms with Crippen LogP contribution in [0, 0.1) is 0 Å². The first-order valence-corrected chi connectivity index (χ1v) is 10.4. The summed E-state index contributed by atoms with van der Waals surface area (Å²) in [6.07, 6.45) is 0.651. The molecular weight excluding hydrogens is 380 g/mol. The third kappa shape index (κ3) is 3.40. The second-order valence-electron chi connectivity index (χ2n) is 8.15. The number of hydrogen-bond donors (Lipinski definition) is 3. The summed E-state index contributed by atoms with van der Waals surface area (Å²) in [5.74, 6) is -0.780. The average molecular weight is 404 g/mol. The number of nitrogens with zero attached hydrogens (tertiary/aromatic N) is 1. The fraction of sp³-hybridized carbons (Fsp3) is 0.348. The zero-order chi connectivity index (χ0) is 20.7. The van der Waals surface area contributed by atoms with Crippen LogP contribution in [-0.2, 0) is 29.2 Å². The summed E-state index contributed by atoms with van der Waals surface area (Å²) in [4.78, 5) is 37.9. The van der Waals surface area contributed by atoms with Crippen LogP contribution in [0.15, 0.2) is 42.5 Å². The van der Waals surface area contributed by atoms with Gasteiger partial charge in [0.2, 0.25) is 11.8 Å². The summed E-state index contributed by atoms with van der Waals surface area (Å²) < 4.78 is 0. The zero-order valence-corrected chi connectivity index (χ0v) is 16.6. The Morgan fingerprint density at radius 2 is 1.93 bits per heavy atom. The SMILES string of the molecule is O=C1CCC(N2Cc3cc(CNCC4NCc5ccccc54)ccc3C2=O)C(=O)N1. The van der Waals surface area contributed by atoms with Crippen LogP contribution in [0.1, 0.15) is 51.5 Å². The quantitative estimate of drug-likeness (QED) is 0.655. The molecule has 2 aromatic carbocycles. The number of nitrogens with one attached hydrogen (secondary N) is 3. The molecule has 5 rings (SSSR count). The summed E-state index contributed by atoms with van der Waals surface area (Å²) in [5.41, 5.74) is 5.40. The minimum absolute atomic E-state index is 0.134. The van der Waals surface area contributed by atoms with Gasteiger partial charge in [0.25, 0.3) is 5.91 Å². The minimum Gasteiger partial charge on any atom is -0.322 e. The lowest BCUT2D eigenvalue weighted by molar-refractivity contribution is -0.136. The molecule has 7 nitrogen and oxygen atoms in total. The third-order valence-electron chi connectivity index (χ3n) is 6.23. The number of piperidine rings is 1. The molecule has 3 aliphatic heterocycles. The molecule has 3 amide bonds. The van der Waals surface area contributed by atoms with Gasteiger partial charge in [-0.25, -0.2) is 0 Å². The molecule has 30 heavy (non-hydrogen) atoms. The van der Waals surface area contributed by atoms with Gasteiger partial charge in [-0.1, -0.05) is 36.4 Å². The van der Waals surface area contributed by atoms with Gasteiger partial charge in [0.05, 0.1) is 0 Å². The van der Waals surface area contributed by atoms with Gasteiger partial charge in [0.1, 0.15) is 6.04 Å². The number of benzene rings is 2. The van der Waals surface area contributed by atoms with Crippen LogP contribution in [0.3, 0.4) is 0 Å². The van der Waals surface area contributed by atoms with Gasteiger partial charge in [-0.05, 0) is 34.7 Å². The number of carbonyl (C=O) groups is 3. The molecule has 2 unspecified atom stereocenters. The lowest BCUT2D eigenvalue weighted by atomic mass is 10.0. The van der Waals surface area contributed by atoms with E-state index in [-0.39, 0.29) is 24.1 Å². The highest BCUT2D eigenvalue weighted by molar-refractivity contribution is 6.05. The van der Waals surface area contributed by atoms with E-state index in [4.69, 9.17) is 0 Å². The first-order valence-electron chi connectivity index (χ1n) is 10.4. The molecule has 3 aliphatic rings. The number of rotatable bonds is 5. The van der Waals surface area contributed by atoms with Gasteiger partial charge in [0.15, 0.2) is 0 Å². The Kier molecular flexibility index (Phi) is 4.84. The van der Waals surface area contributed by atoms with Crippen molar-refractivity contribution in [2.24, 2.45) is 0 Å². The monoisotopic (exact) mass is 404 g/mol. The van der Waals surface area contributed by atoms with Crippen molar-refractivity contribution in [3.63, 3.8) is 0 Å². The average Bonchev–Trinajstić information content (AvgIpc) is 3.29. The van der Waals surface area contributed by atoms with Gasteiger partial charge >= 0.3 is 0 Å². The molecule has 7 heteroatoms. The Labute approximate surface area is 174 Å². The smallest absolute Gasteiger partial charge is 0.255 e. The molecule has 0 saturated carbocycles. The molecule has 0 radical (unpaired) electrons. The number of fused-ring (bicyclic) bond motifs is 2. The third-order valence-corrected chi connectivity index (χ3v) is 6.23. The largest absolute Gasteiger partial charge is 0.322 e. The Balaban J connectivity index is 1.22. The van der Waals surface area contributed by atoms with Gasteiger partial charge in [-0.2, -0.15) is 0 Å². The maximum Gasteiger partial charge on any atom is 0.255 e. The predicted molar refractivity (Wildman–Crippen MR) is 110 cm³/mol. The molecule has 0 bridgehead atoms. The van der Waals surface area contributed by atoms with Crippen molar-refractivity contribution in [1.29, 1.82) is 0 Å². The van der Waals surface area contributed by atoms with Gasteiger partial charge in [0, 0.05) is 44.2 Å². The Bertz CT molecular complexity index is 1030. The zero-order valence-electron chi connectivity index (χ0n) is 16.6. The second-order valence-corrected chi connectivity index (χ2v) is 8.15. The number of amides is 3. The van der Waals surface area contributed by atoms with Gasteiger partial charge in [-0.3, -0.25) is 19.7 Å². The van der Waals surface area contributed by atoms with E-state index >= 15 is 0 Å². The van der Waals surface area contributed by atoms with Crippen LogP contribution >= 0.6 is 0 Å². The summed E-state index contributed by atoms with van der Waals surface area (Å²) >= 11 is 0. The van der Waals surface area contributed by atoms with Crippen LogP contribution in [0.2, 0.25) is 0 Å². The Morgan fingerprint density at radius 3 is 2.80 bits per heavy atom. The van der Waals surface area contributed by atoms with E-state index in [9.17, 15) is 14.4 Å². The van der Waals surface area contributed by atoms with Crippen molar-refractivity contribution in [2.75, 3.05) is 6.54 Å². The maximum absolute atomic E-state index is 12.8. The normalized spacial score (nSPS) is 22.8. The predicted octanol–water partition coefficient (Wildman–Crippen LogP) is 1.38. The van der Waals surface area contributed by atoms with Crippen LogP contribution < -0.4 is 16.0 Å². The van der Waals surface area contributed by atoms with Crippen molar-refractivity contribution in [3.05, 3.63) is 70.3 Å². The van der Waals surface area contributed by atoms with Crippen LogP contribution in [-0.4, -0.2) is 35.2 Å². The molecule has 3 heterocycles. The molecule has 0 aromatic heterocycles. The molecule has 154 valence electrons. The highest BCUT2D eigenvalue weighted by atomic mass is 16.2. The first-order chi connectivity index (χ1) is 14.6. The van der Waals surface area contributed by atoms with Crippen molar-refractivity contribution in [2.45, 2.75) is 44.6 Å². The van der Waals surface area contributed by atoms with Crippen LogP contribution in [0.25, 0.3) is 0 Å². The van der Waals surface area contributed by atoms with E-state index in [1.165, 1.54) is 11.1 Å². The van der Waals surface area contributed by atoms with E-state index in [2.05, 4.69) is 40.2 Å². The molecule has 3 N–H and O–H groups in total. The van der Waals surface area contributed by atoms with Crippen molar-refractivity contribution in [3.8, 4) is 0 Å². The molecule has 0 aliphatic carbocycles. The topological polar surface area (TPSA) is 90.5 Å². The van der Waals surface area contributed by atoms with E-state index < -0.39 is 6.04 Å². The van der Waals surface area contributed by atoms with Crippen LogP contribution in [0.5, 0.6) is 0 Å². The lowest BCUT2D eigenvalue weighted by Crippen LogP contribution is -2.52. The van der Waals surface area contributed by atoms with Gasteiger partial charge < -0.3 is 15.5 Å².